The summed E-state index contributed by atoms with van der Waals surface area (Å²) in [6, 6.07) is 14.8. The van der Waals surface area contributed by atoms with E-state index < -0.39 is 0 Å². The van der Waals surface area contributed by atoms with Gasteiger partial charge in [-0.2, -0.15) is 5.10 Å². The number of benzene rings is 2. The van der Waals surface area contributed by atoms with Gasteiger partial charge in [-0.25, -0.2) is 0 Å². The largest absolute Gasteiger partial charge is 0.493 e. The Hall–Kier alpha value is -2.33. The van der Waals surface area contributed by atoms with E-state index in [-0.39, 0.29) is 0 Å². The molecule has 0 spiro atoms. The third-order valence-corrected chi connectivity index (χ3v) is 4.82. The minimum atomic E-state index is 0.669. The zero-order valence-electron chi connectivity index (χ0n) is 16.1. The van der Waals surface area contributed by atoms with Crippen LogP contribution in [0.3, 0.4) is 0 Å². The fourth-order valence-corrected chi connectivity index (χ4v) is 3.29. The molecule has 0 aliphatic carbocycles. The van der Waals surface area contributed by atoms with Crippen molar-refractivity contribution in [1.82, 2.24) is 9.91 Å². The Balaban J connectivity index is 1.54. The fourth-order valence-electron chi connectivity index (χ4n) is 3.29. The molecule has 2 aromatic rings. The number of ether oxygens (including phenoxy) is 1. The maximum Gasteiger partial charge on any atom is 0.128 e. The molecule has 4 heteroatoms. The van der Waals surface area contributed by atoms with Gasteiger partial charge in [-0.1, -0.05) is 35.9 Å². The van der Waals surface area contributed by atoms with E-state index >= 15 is 0 Å². The van der Waals surface area contributed by atoms with Gasteiger partial charge < -0.3 is 4.74 Å². The smallest absolute Gasteiger partial charge is 0.128 e. The summed E-state index contributed by atoms with van der Waals surface area (Å²) in [4.78, 5) is 2.51. The van der Waals surface area contributed by atoms with Gasteiger partial charge in [0.05, 0.1) is 12.8 Å². The third kappa shape index (κ3) is 4.85. The van der Waals surface area contributed by atoms with Gasteiger partial charge in [-0.05, 0) is 44.0 Å². The summed E-state index contributed by atoms with van der Waals surface area (Å²) in [5, 5.41) is 6.82. The van der Waals surface area contributed by atoms with Crippen LogP contribution in [-0.2, 0) is 6.54 Å². The maximum atomic E-state index is 5.66. The van der Waals surface area contributed by atoms with E-state index in [2.05, 4.69) is 47.1 Å². The Bertz CT molecular complexity index is 749. The molecule has 1 fully saturated rings. The molecule has 0 radical (unpaired) electrons. The van der Waals surface area contributed by atoms with Crippen LogP contribution in [0.5, 0.6) is 5.75 Å². The molecule has 0 amide bonds. The Labute approximate surface area is 157 Å². The topological polar surface area (TPSA) is 28.1 Å². The number of hydrazone groups is 1. The van der Waals surface area contributed by atoms with Crippen LogP contribution in [0.25, 0.3) is 0 Å². The number of para-hydroxylation sites is 1. The van der Waals surface area contributed by atoms with Crippen molar-refractivity contribution in [2.45, 2.75) is 27.3 Å². The average molecular weight is 351 g/mol. The predicted molar refractivity (Wildman–Crippen MR) is 108 cm³/mol. The van der Waals surface area contributed by atoms with E-state index in [9.17, 15) is 0 Å². The van der Waals surface area contributed by atoms with Gasteiger partial charge in [-0.15, -0.1) is 0 Å². The zero-order chi connectivity index (χ0) is 18.4. The molecule has 0 aromatic heterocycles. The fraction of sp³-hybridized carbons (Fsp3) is 0.409. The summed E-state index contributed by atoms with van der Waals surface area (Å²) in [6.07, 6.45) is 1.92. The van der Waals surface area contributed by atoms with E-state index in [1.807, 2.05) is 37.4 Å². The summed E-state index contributed by atoms with van der Waals surface area (Å²) in [6.45, 7) is 12.0. The predicted octanol–water partition coefficient (Wildman–Crippen LogP) is 3.85. The number of nitrogens with zero attached hydrogens (tertiary/aromatic N) is 3. The SMILES string of the molecule is CCOc1ccccc1/C=N/N1CCN(Cc2ccc(C)cc2C)CC1. The van der Waals surface area contributed by atoms with E-state index in [0.717, 1.165) is 44.0 Å². The van der Waals surface area contributed by atoms with Crippen LogP contribution >= 0.6 is 0 Å². The van der Waals surface area contributed by atoms with Crippen LogP contribution in [0.4, 0.5) is 0 Å². The summed E-state index contributed by atoms with van der Waals surface area (Å²) in [5.74, 6) is 0.896. The molecule has 1 aliphatic heterocycles. The number of hydrogen-bond donors (Lipinski definition) is 0. The van der Waals surface area contributed by atoms with Crippen LogP contribution in [0, 0.1) is 13.8 Å². The van der Waals surface area contributed by atoms with Gasteiger partial charge in [0.25, 0.3) is 0 Å². The molecule has 2 aromatic carbocycles. The van der Waals surface area contributed by atoms with Crippen LogP contribution in [0.1, 0.15) is 29.2 Å². The quantitative estimate of drug-likeness (QED) is 0.740. The first-order valence-corrected chi connectivity index (χ1v) is 9.45. The van der Waals surface area contributed by atoms with Crippen molar-refractivity contribution >= 4 is 6.21 Å². The molecule has 3 rings (SSSR count). The Morgan fingerprint density at radius 2 is 1.81 bits per heavy atom. The lowest BCUT2D eigenvalue weighted by Crippen LogP contribution is -2.43. The molecule has 0 bridgehead atoms. The standard InChI is InChI=1S/C22H29N3O/c1-4-26-22-8-6-5-7-20(22)16-23-25-13-11-24(12-14-25)17-21-10-9-18(2)15-19(21)3/h5-10,15-16H,4,11-14,17H2,1-3H3/b23-16+. The minimum absolute atomic E-state index is 0.669. The highest BCUT2D eigenvalue weighted by Gasteiger charge is 2.16. The highest BCUT2D eigenvalue weighted by molar-refractivity contribution is 5.83. The van der Waals surface area contributed by atoms with Crippen molar-refractivity contribution in [2.75, 3.05) is 32.8 Å². The summed E-state index contributed by atoms with van der Waals surface area (Å²) < 4.78 is 5.66. The first kappa shape index (κ1) is 18.5. The van der Waals surface area contributed by atoms with Gasteiger partial charge >= 0.3 is 0 Å². The summed E-state index contributed by atoms with van der Waals surface area (Å²) >= 11 is 0. The van der Waals surface area contributed by atoms with E-state index in [4.69, 9.17) is 4.74 Å². The van der Waals surface area contributed by atoms with Gasteiger partial charge in [-0.3, -0.25) is 9.91 Å². The van der Waals surface area contributed by atoms with E-state index in [0.29, 0.717) is 6.61 Å². The molecular weight excluding hydrogens is 322 g/mol. The molecule has 0 unspecified atom stereocenters. The molecule has 0 saturated carbocycles. The lowest BCUT2D eigenvalue weighted by Gasteiger charge is -2.33. The van der Waals surface area contributed by atoms with Crippen molar-refractivity contribution < 1.29 is 4.74 Å². The number of aryl methyl sites for hydroxylation is 2. The van der Waals surface area contributed by atoms with Crippen LogP contribution in [0.15, 0.2) is 47.6 Å². The molecule has 138 valence electrons. The van der Waals surface area contributed by atoms with Gasteiger partial charge in [0.2, 0.25) is 0 Å². The second kappa shape index (κ2) is 8.86. The molecule has 0 atom stereocenters. The lowest BCUT2D eigenvalue weighted by atomic mass is 10.1. The minimum Gasteiger partial charge on any atom is -0.493 e. The van der Waals surface area contributed by atoms with Crippen molar-refractivity contribution in [3.05, 3.63) is 64.7 Å². The first-order chi connectivity index (χ1) is 12.7. The molecule has 4 nitrogen and oxygen atoms in total. The van der Waals surface area contributed by atoms with Gasteiger partial charge in [0.1, 0.15) is 5.75 Å². The van der Waals surface area contributed by atoms with Gasteiger partial charge in [0, 0.05) is 38.3 Å². The average Bonchev–Trinajstić information content (AvgIpc) is 2.65. The molecule has 26 heavy (non-hydrogen) atoms. The van der Waals surface area contributed by atoms with Crippen LogP contribution < -0.4 is 4.74 Å². The molecule has 1 aliphatic rings. The Morgan fingerprint density at radius 1 is 1.04 bits per heavy atom. The Kier molecular flexibility index (Phi) is 6.29. The van der Waals surface area contributed by atoms with Crippen molar-refractivity contribution in [3.63, 3.8) is 0 Å². The van der Waals surface area contributed by atoms with Crippen molar-refractivity contribution in [2.24, 2.45) is 5.10 Å². The molecular formula is C22H29N3O. The van der Waals surface area contributed by atoms with Gasteiger partial charge in [0.15, 0.2) is 0 Å². The summed E-state index contributed by atoms with van der Waals surface area (Å²) in [7, 11) is 0. The highest BCUT2D eigenvalue weighted by Crippen LogP contribution is 2.17. The van der Waals surface area contributed by atoms with E-state index in [1.54, 1.807) is 0 Å². The van der Waals surface area contributed by atoms with Crippen LogP contribution in [0.2, 0.25) is 0 Å². The number of hydrogen-bond acceptors (Lipinski definition) is 4. The number of piperazine rings is 1. The molecule has 0 N–H and O–H groups in total. The first-order valence-electron chi connectivity index (χ1n) is 9.45. The van der Waals surface area contributed by atoms with Crippen molar-refractivity contribution in [1.29, 1.82) is 0 Å². The summed E-state index contributed by atoms with van der Waals surface area (Å²) in [5.41, 5.74) is 5.18. The monoisotopic (exact) mass is 351 g/mol. The second-order valence-corrected chi connectivity index (χ2v) is 6.88. The molecule has 1 saturated heterocycles. The normalized spacial score (nSPS) is 15.6. The van der Waals surface area contributed by atoms with Crippen LogP contribution in [-0.4, -0.2) is 48.9 Å². The maximum absolute atomic E-state index is 5.66. The lowest BCUT2D eigenvalue weighted by molar-refractivity contribution is 0.131. The second-order valence-electron chi connectivity index (χ2n) is 6.88. The van der Waals surface area contributed by atoms with Crippen molar-refractivity contribution in [3.8, 4) is 5.75 Å². The highest BCUT2D eigenvalue weighted by atomic mass is 16.5. The third-order valence-electron chi connectivity index (χ3n) is 4.82. The van der Waals surface area contributed by atoms with E-state index in [1.165, 1.54) is 16.7 Å². The zero-order valence-corrected chi connectivity index (χ0v) is 16.1. The number of rotatable bonds is 6. The Morgan fingerprint density at radius 3 is 2.54 bits per heavy atom. The molecule has 1 heterocycles.